The van der Waals surface area contributed by atoms with Gasteiger partial charge in [0.15, 0.2) is 0 Å². The fraction of sp³-hybridized carbons (Fsp3) is 0.538. The molecule has 3 heteroatoms. The van der Waals surface area contributed by atoms with Crippen LogP contribution < -0.4 is 10.5 Å². The summed E-state index contributed by atoms with van der Waals surface area (Å²) in [4.78, 5) is 0. The third-order valence-electron chi connectivity index (χ3n) is 3.34. The van der Waals surface area contributed by atoms with Crippen LogP contribution in [0.1, 0.15) is 42.0 Å². The van der Waals surface area contributed by atoms with Crippen LogP contribution in [-0.4, -0.2) is 7.11 Å². The van der Waals surface area contributed by atoms with E-state index < -0.39 is 0 Å². The van der Waals surface area contributed by atoms with Crippen molar-refractivity contribution in [2.45, 2.75) is 38.6 Å². The molecule has 0 radical (unpaired) electrons. The first-order valence-electron chi connectivity index (χ1n) is 5.76. The summed E-state index contributed by atoms with van der Waals surface area (Å²) in [5.41, 5.74) is 10.0. The van der Waals surface area contributed by atoms with Gasteiger partial charge in [-0.15, -0.1) is 0 Å². The number of benzene rings is 1. The molecule has 0 saturated heterocycles. The van der Waals surface area contributed by atoms with Gasteiger partial charge >= 0.3 is 0 Å². The first-order valence-corrected chi connectivity index (χ1v) is 6.56. The molecule has 1 aliphatic carbocycles. The average molecular weight is 284 g/mol. The van der Waals surface area contributed by atoms with Gasteiger partial charge < -0.3 is 10.5 Å². The number of hydrogen-bond donors (Lipinski definition) is 1. The smallest absolute Gasteiger partial charge is 0.122 e. The van der Waals surface area contributed by atoms with Gasteiger partial charge in [0.25, 0.3) is 0 Å². The lowest BCUT2D eigenvalue weighted by Crippen LogP contribution is -2.12. The van der Waals surface area contributed by atoms with Crippen LogP contribution in [0.5, 0.6) is 5.75 Å². The van der Waals surface area contributed by atoms with Gasteiger partial charge in [-0.05, 0) is 43.4 Å². The second-order valence-corrected chi connectivity index (χ2v) is 5.25. The molecule has 88 valence electrons. The predicted octanol–water partition coefficient (Wildman–Crippen LogP) is 3.49. The van der Waals surface area contributed by atoms with E-state index in [1.807, 2.05) is 0 Å². The van der Waals surface area contributed by atoms with Gasteiger partial charge in [0.05, 0.1) is 7.11 Å². The SMILES string of the molecule is COc1cc(C)c(Br)c2c1CCCC[C@@H]2N. The van der Waals surface area contributed by atoms with E-state index >= 15 is 0 Å². The maximum absolute atomic E-state index is 6.25. The Morgan fingerprint density at radius 3 is 2.88 bits per heavy atom. The van der Waals surface area contributed by atoms with Gasteiger partial charge in [-0.3, -0.25) is 0 Å². The molecule has 2 rings (SSSR count). The molecule has 16 heavy (non-hydrogen) atoms. The Balaban J connectivity index is 2.63. The van der Waals surface area contributed by atoms with Gasteiger partial charge in [-0.2, -0.15) is 0 Å². The molecule has 1 aromatic carbocycles. The van der Waals surface area contributed by atoms with Crippen LogP contribution in [-0.2, 0) is 6.42 Å². The van der Waals surface area contributed by atoms with Crippen molar-refractivity contribution in [2.24, 2.45) is 5.73 Å². The first-order chi connectivity index (χ1) is 7.65. The van der Waals surface area contributed by atoms with Crippen molar-refractivity contribution in [2.75, 3.05) is 7.11 Å². The lowest BCUT2D eigenvalue weighted by molar-refractivity contribution is 0.408. The third kappa shape index (κ3) is 1.98. The fourth-order valence-corrected chi connectivity index (χ4v) is 3.11. The minimum atomic E-state index is 0.140. The summed E-state index contributed by atoms with van der Waals surface area (Å²) in [6.07, 6.45) is 4.54. The van der Waals surface area contributed by atoms with Crippen LogP contribution in [0.3, 0.4) is 0 Å². The standard InChI is InChI=1S/C13H18BrNO/c1-8-7-11(16-2)9-5-3-4-6-10(15)12(9)13(8)14/h7,10H,3-6,15H2,1-2H3/t10-/m0/s1. The van der Waals surface area contributed by atoms with E-state index in [2.05, 4.69) is 28.9 Å². The molecule has 0 bridgehead atoms. The molecule has 0 aliphatic heterocycles. The number of nitrogens with two attached hydrogens (primary N) is 1. The monoisotopic (exact) mass is 283 g/mol. The van der Waals surface area contributed by atoms with Gasteiger partial charge in [-0.1, -0.05) is 22.4 Å². The molecule has 0 fully saturated rings. The minimum absolute atomic E-state index is 0.140. The van der Waals surface area contributed by atoms with Gasteiger partial charge in [0.2, 0.25) is 0 Å². The zero-order valence-electron chi connectivity index (χ0n) is 9.85. The Labute approximate surface area is 105 Å². The van der Waals surface area contributed by atoms with Crippen molar-refractivity contribution in [3.63, 3.8) is 0 Å². The van der Waals surface area contributed by atoms with Crippen LogP contribution in [0.25, 0.3) is 0 Å². The highest BCUT2D eigenvalue weighted by atomic mass is 79.9. The van der Waals surface area contributed by atoms with Gasteiger partial charge in [0, 0.05) is 16.1 Å². The molecule has 0 aromatic heterocycles. The number of halogens is 1. The molecule has 0 heterocycles. The topological polar surface area (TPSA) is 35.2 Å². The van der Waals surface area contributed by atoms with E-state index in [9.17, 15) is 0 Å². The maximum atomic E-state index is 6.25. The van der Waals surface area contributed by atoms with E-state index in [1.165, 1.54) is 29.5 Å². The fourth-order valence-electron chi connectivity index (χ4n) is 2.46. The van der Waals surface area contributed by atoms with E-state index in [0.717, 1.165) is 23.1 Å². The zero-order chi connectivity index (χ0) is 11.7. The second-order valence-electron chi connectivity index (χ2n) is 4.45. The van der Waals surface area contributed by atoms with Gasteiger partial charge in [-0.25, -0.2) is 0 Å². The van der Waals surface area contributed by atoms with E-state index in [0.29, 0.717) is 0 Å². The Hall–Kier alpha value is -0.540. The lowest BCUT2D eigenvalue weighted by Gasteiger charge is -2.19. The molecule has 0 spiro atoms. The molecule has 0 amide bonds. The molecule has 1 aromatic rings. The molecule has 2 nitrogen and oxygen atoms in total. The van der Waals surface area contributed by atoms with Crippen LogP contribution in [0.15, 0.2) is 10.5 Å². The molecule has 1 aliphatic rings. The van der Waals surface area contributed by atoms with Crippen LogP contribution in [0.2, 0.25) is 0 Å². The quantitative estimate of drug-likeness (QED) is 0.801. The predicted molar refractivity (Wildman–Crippen MR) is 69.9 cm³/mol. The molecular weight excluding hydrogens is 266 g/mol. The highest BCUT2D eigenvalue weighted by Crippen LogP contribution is 2.39. The summed E-state index contributed by atoms with van der Waals surface area (Å²) in [5, 5.41) is 0. The summed E-state index contributed by atoms with van der Waals surface area (Å²) >= 11 is 3.67. The maximum Gasteiger partial charge on any atom is 0.122 e. The van der Waals surface area contributed by atoms with Crippen molar-refractivity contribution < 1.29 is 4.74 Å². The number of fused-ring (bicyclic) bond motifs is 1. The minimum Gasteiger partial charge on any atom is -0.496 e. The number of ether oxygens (including phenoxy) is 1. The summed E-state index contributed by atoms with van der Waals surface area (Å²) in [6.45, 7) is 2.09. The van der Waals surface area contributed by atoms with Crippen molar-refractivity contribution in [3.8, 4) is 5.75 Å². The van der Waals surface area contributed by atoms with Crippen LogP contribution >= 0.6 is 15.9 Å². The van der Waals surface area contributed by atoms with Crippen molar-refractivity contribution in [1.82, 2.24) is 0 Å². The highest BCUT2D eigenvalue weighted by molar-refractivity contribution is 9.10. The Bertz CT molecular complexity index is 403. The van der Waals surface area contributed by atoms with Gasteiger partial charge in [0.1, 0.15) is 5.75 Å². The summed E-state index contributed by atoms with van der Waals surface area (Å²) in [6, 6.07) is 2.24. The number of methoxy groups -OCH3 is 1. The van der Waals surface area contributed by atoms with Crippen molar-refractivity contribution in [3.05, 3.63) is 27.2 Å². The largest absolute Gasteiger partial charge is 0.496 e. The Kier molecular flexibility index (Phi) is 3.55. The highest BCUT2D eigenvalue weighted by Gasteiger charge is 2.22. The van der Waals surface area contributed by atoms with E-state index in [4.69, 9.17) is 10.5 Å². The number of aryl methyl sites for hydroxylation is 1. The zero-order valence-corrected chi connectivity index (χ0v) is 11.4. The summed E-state index contributed by atoms with van der Waals surface area (Å²) in [7, 11) is 1.74. The molecule has 0 saturated carbocycles. The normalized spacial score (nSPS) is 20.1. The Morgan fingerprint density at radius 2 is 2.19 bits per heavy atom. The third-order valence-corrected chi connectivity index (χ3v) is 4.39. The number of hydrogen-bond acceptors (Lipinski definition) is 2. The molecular formula is C13H18BrNO. The first kappa shape index (κ1) is 11.9. The van der Waals surface area contributed by atoms with E-state index in [-0.39, 0.29) is 6.04 Å². The van der Waals surface area contributed by atoms with E-state index in [1.54, 1.807) is 7.11 Å². The number of rotatable bonds is 1. The Morgan fingerprint density at radius 1 is 1.44 bits per heavy atom. The molecule has 2 N–H and O–H groups in total. The molecule has 1 atom stereocenters. The van der Waals surface area contributed by atoms with Crippen LogP contribution in [0, 0.1) is 6.92 Å². The molecule has 0 unspecified atom stereocenters. The lowest BCUT2D eigenvalue weighted by atomic mass is 9.96. The van der Waals surface area contributed by atoms with Crippen molar-refractivity contribution in [1.29, 1.82) is 0 Å². The summed E-state index contributed by atoms with van der Waals surface area (Å²) < 4.78 is 6.64. The second kappa shape index (κ2) is 4.76. The van der Waals surface area contributed by atoms with Crippen molar-refractivity contribution >= 4 is 15.9 Å². The van der Waals surface area contributed by atoms with Crippen LogP contribution in [0.4, 0.5) is 0 Å². The summed E-state index contributed by atoms with van der Waals surface area (Å²) in [5.74, 6) is 0.994. The average Bonchev–Trinajstić information content (AvgIpc) is 2.46.